The molecule has 4 heteroatoms. The summed E-state index contributed by atoms with van der Waals surface area (Å²) in [6.45, 7) is 0. The number of hydrogen-bond acceptors (Lipinski definition) is 3. The van der Waals surface area contributed by atoms with Crippen LogP contribution in [0.5, 0.6) is 5.75 Å². The fourth-order valence-electron chi connectivity index (χ4n) is 1.34. The number of fused-ring (bicyclic) bond motifs is 1. The highest BCUT2D eigenvalue weighted by molar-refractivity contribution is 5.88. The second-order valence-corrected chi connectivity index (χ2v) is 2.90. The van der Waals surface area contributed by atoms with Crippen LogP contribution < -0.4 is 4.74 Å². The zero-order valence-electron chi connectivity index (χ0n) is 6.73. The first-order valence-corrected chi connectivity index (χ1v) is 3.88. The van der Waals surface area contributed by atoms with E-state index in [1.807, 2.05) is 0 Å². The van der Waals surface area contributed by atoms with Gasteiger partial charge in [-0.05, 0) is 12.1 Å². The molecule has 13 heavy (non-hydrogen) atoms. The van der Waals surface area contributed by atoms with Crippen molar-refractivity contribution in [2.24, 2.45) is 0 Å². The summed E-state index contributed by atoms with van der Waals surface area (Å²) in [5.74, 6) is -0.528. The van der Waals surface area contributed by atoms with Gasteiger partial charge in [-0.1, -0.05) is 6.07 Å². The van der Waals surface area contributed by atoms with E-state index in [1.54, 1.807) is 6.07 Å². The molecular formula is C9H8O4. The number of rotatable bonds is 1. The molecule has 0 radical (unpaired) electrons. The molecule has 68 valence electrons. The lowest BCUT2D eigenvalue weighted by Gasteiger charge is -2.01. The first-order valence-electron chi connectivity index (χ1n) is 3.88. The highest BCUT2D eigenvalue weighted by atomic mass is 16.6. The molecule has 0 amide bonds. The SMILES string of the molecule is O=C(O)c1ccc2c(c1)OC(O)C2. The Labute approximate surface area is 74.4 Å². The smallest absolute Gasteiger partial charge is 0.335 e. The summed E-state index contributed by atoms with van der Waals surface area (Å²) in [7, 11) is 0. The second kappa shape index (κ2) is 2.74. The molecule has 1 aromatic rings. The van der Waals surface area contributed by atoms with E-state index in [2.05, 4.69) is 0 Å². The van der Waals surface area contributed by atoms with Crippen molar-refractivity contribution in [1.29, 1.82) is 0 Å². The summed E-state index contributed by atoms with van der Waals surface area (Å²) in [4.78, 5) is 10.6. The number of benzene rings is 1. The van der Waals surface area contributed by atoms with Crippen LogP contribution in [0.4, 0.5) is 0 Å². The maximum atomic E-state index is 10.6. The van der Waals surface area contributed by atoms with Gasteiger partial charge < -0.3 is 14.9 Å². The highest BCUT2D eigenvalue weighted by Crippen LogP contribution is 2.28. The van der Waals surface area contributed by atoms with Gasteiger partial charge in [-0.3, -0.25) is 0 Å². The average molecular weight is 180 g/mol. The van der Waals surface area contributed by atoms with Gasteiger partial charge in [0, 0.05) is 12.0 Å². The van der Waals surface area contributed by atoms with Gasteiger partial charge in [0.2, 0.25) is 6.29 Å². The van der Waals surface area contributed by atoms with Crippen LogP contribution in [0.25, 0.3) is 0 Å². The zero-order chi connectivity index (χ0) is 9.42. The lowest BCUT2D eigenvalue weighted by atomic mass is 10.1. The van der Waals surface area contributed by atoms with E-state index in [4.69, 9.17) is 14.9 Å². The summed E-state index contributed by atoms with van der Waals surface area (Å²) in [5.41, 5.74) is 1.02. The minimum atomic E-state index is -0.993. The van der Waals surface area contributed by atoms with E-state index in [1.165, 1.54) is 12.1 Å². The maximum Gasteiger partial charge on any atom is 0.335 e. The molecule has 1 aliphatic rings. The molecule has 0 spiro atoms. The number of carboxylic acids is 1. The molecule has 2 N–H and O–H groups in total. The topological polar surface area (TPSA) is 66.8 Å². The normalized spacial score (nSPS) is 19.3. The Bertz CT molecular complexity index is 359. The molecule has 2 rings (SSSR count). The minimum Gasteiger partial charge on any atom is -0.478 e. The number of carboxylic acid groups (broad SMARTS) is 1. The molecule has 4 nitrogen and oxygen atoms in total. The van der Waals surface area contributed by atoms with E-state index in [9.17, 15) is 4.79 Å². The number of aromatic carboxylic acids is 1. The van der Waals surface area contributed by atoms with Gasteiger partial charge in [-0.2, -0.15) is 0 Å². The molecule has 0 aliphatic carbocycles. The van der Waals surface area contributed by atoms with Gasteiger partial charge in [0.15, 0.2) is 0 Å². The van der Waals surface area contributed by atoms with Crippen molar-refractivity contribution in [3.63, 3.8) is 0 Å². The fourth-order valence-corrected chi connectivity index (χ4v) is 1.34. The van der Waals surface area contributed by atoms with Crippen LogP contribution in [0.1, 0.15) is 15.9 Å². The van der Waals surface area contributed by atoms with E-state index in [-0.39, 0.29) is 5.56 Å². The van der Waals surface area contributed by atoms with Crippen molar-refractivity contribution in [3.05, 3.63) is 29.3 Å². The van der Waals surface area contributed by atoms with Gasteiger partial charge in [0.1, 0.15) is 5.75 Å². The van der Waals surface area contributed by atoms with E-state index in [0.717, 1.165) is 5.56 Å². The van der Waals surface area contributed by atoms with Crippen molar-refractivity contribution in [3.8, 4) is 5.75 Å². The van der Waals surface area contributed by atoms with Gasteiger partial charge in [0.05, 0.1) is 5.56 Å². The molecule has 0 aromatic heterocycles. The minimum absolute atomic E-state index is 0.174. The molecule has 0 bridgehead atoms. The van der Waals surface area contributed by atoms with Crippen molar-refractivity contribution in [1.82, 2.24) is 0 Å². The molecule has 1 heterocycles. The molecule has 1 unspecified atom stereocenters. The highest BCUT2D eigenvalue weighted by Gasteiger charge is 2.21. The summed E-state index contributed by atoms with van der Waals surface area (Å²) < 4.78 is 4.99. The third-order valence-electron chi connectivity index (χ3n) is 1.97. The predicted octanol–water partition coefficient (Wildman–Crippen LogP) is 0.638. The molecular weight excluding hydrogens is 172 g/mol. The molecule has 1 atom stereocenters. The van der Waals surface area contributed by atoms with Crippen molar-refractivity contribution in [2.45, 2.75) is 12.7 Å². The lowest BCUT2D eigenvalue weighted by molar-refractivity contribution is 0.00205. The van der Waals surface area contributed by atoms with Gasteiger partial charge >= 0.3 is 5.97 Å². The van der Waals surface area contributed by atoms with Crippen LogP contribution in [-0.2, 0) is 6.42 Å². The van der Waals surface area contributed by atoms with E-state index >= 15 is 0 Å². The summed E-state index contributed by atoms with van der Waals surface area (Å²) >= 11 is 0. The Morgan fingerprint density at radius 1 is 1.54 bits per heavy atom. The van der Waals surface area contributed by atoms with Crippen LogP contribution in [0.15, 0.2) is 18.2 Å². The Morgan fingerprint density at radius 2 is 2.31 bits per heavy atom. The number of aliphatic hydroxyl groups is 1. The average Bonchev–Trinajstić information content (AvgIpc) is 2.42. The predicted molar refractivity (Wildman–Crippen MR) is 43.7 cm³/mol. The summed E-state index contributed by atoms with van der Waals surface area (Å²) in [5, 5.41) is 17.8. The summed E-state index contributed by atoms with van der Waals surface area (Å²) in [6, 6.07) is 4.59. The van der Waals surface area contributed by atoms with E-state index in [0.29, 0.717) is 12.2 Å². The number of ether oxygens (including phenoxy) is 1. The Kier molecular flexibility index (Phi) is 1.70. The van der Waals surface area contributed by atoms with Crippen LogP contribution in [-0.4, -0.2) is 22.5 Å². The molecule has 0 saturated heterocycles. The fraction of sp³-hybridized carbons (Fsp3) is 0.222. The Hall–Kier alpha value is -1.55. The van der Waals surface area contributed by atoms with Gasteiger partial charge in [-0.25, -0.2) is 4.79 Å². The Morgan fingerprint density at radius 3 is 3.00 bits per heavy atom. The lowest BCUT2D eigenvalue weighted by Crippen LogP contribution is -2.09. The first kappa shape index (κ1) is 8.07. The molecule has 0 fully saturated rings. The number of carbonyl (C=O) groups is 1. The summed E-state index contributed by atoms with van der Waals surface area (Å²) in [6.07, 6.45) is -0.408. The Balaban J connectivity index is 2.40. The molecule has 1 aromatic carbocycles. The molecule has 1 aliphatic heterocycles. The van der Waals surface area contributed by atoms with Crippen LogP contribution in [0.2, 0.25) is 0 Å². The number of aliphatic hydroxyl groups excluding tert-OH is 1. The van der Waals surface area contributed by atoms with Crippen LogP contribution >= 0.6 is 0 Å². The quantitative estimate of drug-likeness (QED) is 0.665. The monoisotopic (exact) mass is 180 g/mol. The van der Waals surface area contributed by atoms with Crippen LogP contribution in [0.3, 0.4) is 0 Å². The first-order chi connectivity index (χ1) is 6.16. The zero-order valence-corrected chi connectivity index (χ0v) is 6.73. The van der Waals surface area contributed by atoms with Crippen molar-refractivity contribution in [2.75, 3.05) is 0 Å². The van der Waals surface area contributed by atoms with Crippen molar-refractivity contribution >= 4 is 5.97 Å². The maximum absolute atomic E-state index is 10.6. The van der Waals surface area contributed by atoms with Crippen LogP contribution in [0, 0.1) is 0 Å². The standard InChI is InChI=1S/C9H8O4/c10-8-4-5-1-2-6(9(11)12)3-7(5)13-8/h1-3,8,10H,4H2,(H,11,12). The van der Waals surface area contributed by atoms with Gasteiger partial charge in [0.25, 0.3) is 0 Å². The largest absolute Gasteiger partial charge is 0.478 e. The second-order valence-electron chi connectivity index (χ2n) is 2.90. The number of hydrogen-bond donors (Lipinski definition) is 2. The third kappa shape index (κ3) is 1.36. The molecule has 0 saturated carbocycles. The van der Waals surface area contributed by atoms with E-state index < -0.39 is 12.3 Å². The van der Waals surface area contributed by atoms with Gasteiger partial charge in [-0.15, -0.1) is 0 Å². The van der Waals surface area contributed by atoms with Crippen molar-refractivity contribution < 1.29 is 19.7 Å². The third-order valence-corrected chi connectivity index (χ3v) is 1.97.